The van der Waals surface area contributed by atoms with E-state index in [0.29, 0.717) is 35.8 Å². The lowest BCUT2D eigenvalue weighted by molar-refractivity contribution is -0.153. The molecule has 1 aliphatic rings. The molecule has 3 rings (SSSR count). The van der Waals surface area contributed by atoms with Gasteiger partial charge in [-0.2, -0.15) is 13.2 Å². The monoisotopic (exact) mass is 415 g/mol. The van der Waals surface area contributed by atoms with E-state index >= 15 is 0 Å². The zero-order valence-corrected chi connectivity index (χ0v) is 15.4. The number of carbonyl (C=O) groups excluding carboxylic acids is 1. The molecule has 0 fully saturated rings. The van der Waals surface area contributed by atoms with Crippen LogP contribution in [-0.4, -0.2) is 31.9 Å². The van der Waals surface area contributed by atoms with Gasteiger partial charge in [0.1, 0.15) is 5.75 Å². The van der Waals surface area contributed by atoms with Crippen molar-refractivity contribution in [2.45, 2.75) is 19.1 Å². The number of carbonyl (C=O) groups is 1. The molecule has 1 N–H and O–H groups in total. The van der Waals surface area contributed by atoms with Crippen molar-refractivity contribution in [3.05, 3.63) is 52.5 Å². The number of hydrogen-bond donors (Lipinski definition) is 1. The number of amides is 1. The molecule has 2 aromatic carbocycles. The molecule has 0 saturated heterocycles. The summed E-state index contributed by atoms with van der Waals surface area (Å²) in [7, 11) is 0. The fraction of sp³-hybridized carbons (Fsp3) is 0.316. The van der Waals surface area contributed by atoms with Crippen LogP contribution in [0.25, 0.3) is 0 Å². The molecule has 0 aromatic heterocycles. The maximum Gasteiger partial charge on any atom is 0.422 e. The summed E-state index contributed by atoms with van der Waals surface area (Å²) in [6, 6.07) is 9.05. The van der Waals surface area contributed by atoms with Crippen LogP contribution >= 0.6 is 11.6 Å². The van der Waals surface area contributed by atoms with Crippen LogP contribution in [0.2, 0.25) is 5.02 Å². The Labute approximate surface area is 164 Å². The second kappa shape index (κ2) is 8.60. The first-order chi connectivity index (χ1) is 13.3. The Balaban J connectivity index is 1.60. The van der Waals surface area contributed by atoms with Crippen LogP contribution in [0.3, 0.4) is 0 Å². The minimum atomic E-state index is -4.39. The molecular weight excluding hydrogens is 399 g/mol. The number of ether oxygens (including phenoxy) is 3. The third-order valence-corrected chi connectivity index (χ3v) is 4.12. The van der Waals surface area contributed by atoms with E-state index in [1.807, 2.05) is 0 Å². The van der Waals surface area contributed by atoms with Crippen molar-refractivity contribution in [3.8, 4) is 17.2 Å². The number of halogens is 4. The summed E-state index contributed by atoms with van der Waals surface area (Å²) >= 11 is 6.18. The van der Waals surface area contributed by atoms with Gasteiger partial charge >= 0.3 is 6.18 Å². The third-order valence-electron chi connectivity index (χ3n) is 3.84. The van der Waals surface area contributed by atoms with Gasteiger partial charge in [-0.25, -0.2) is 0 Å². The summed E-state index contributed by atoms with van der Waals surface area (Å²) < 4.78 is 52.2. The van der Waals surface area contributed by atoms with E-state index in [1.165, 1.54) is 18.2 Å². The quantitative estimate of drug-likeness (QED) is 0.787. The summed E-state index contributed by atoms with van der Waals surface area (Å²) in [5.41, 5.74) is 1.02. The molecule has 1 amide bonds. The number of hydrogen-bond acceptors (Lipinski definition) is 4. The first kappa shape index (κ1) is 20.1. The van der Waals surface area contributed by atoms with Gasteiger partial charge in [0.2, 0.25) is 0 Å². The van der Waals surface area contributed by atoms with E-state index in [9.17, 15) is 18.0 Å². The topological polar surface area (TPSA) is 56.8 Å². The van der Waals surface area contributed by atoms with Crippen LogP contribution < -0.4 is 19.5 Å². The molecule has 0 spiro atoms. The summed E-state index contributed by atoms with van der Waals surface area (Å²) in [4.78, 5) is 12.4. The van der Waals surface area contributed by atoms with E-state index in [2.05, 4.69) is 10.1 Å². The molecule has 0 unspecified atom stereocenters. The molecule has 0 radical (unpaired) electrons. The molecule has 9 heteroatoms. The van der Waals surface area contributed by atoms with Crippen LogP contribution in [0.15, 0.2) is 36.4 Å². The van der Waals surface area contributed by atoms with E-state index in [1.54, 1.807) is 18.2 Å². The van der Waals surface area contributed by atoms with Crippen LogP contribution in [-0.2, 0) is 6.54 Å². The fourth-order valence-corrected chi connectivity index (χ4v) is 2.78. The van der Waals surface area contributed by atoms with Gasteiger partial charge in [0.15, 0.2) is 18.1 Å². The molecule has 0 atom stereocenters. The lowest BCUT2D eigenvalue weighted by atomic mass is 10.1. The van der Waals surface area contributed by atoms with Crippen molar-refractivity contribution in [2.24, 2.45) is 0 Å². The molecule has 0 bridgehead atoms. The number of rotatable bonds is 5. The van der Waals surface area contributed by atoms with E-state index in [4.69, 9.17) is 21.1 Å². The summed E-state index contributed by atoms with van der Waals surface area (Å²) in [5, 5.41) is 3.01. The molecule has 0 aliphatic carbocycles. The molecule has 150 valence electrons. The van der Waals surface area contributed by atoms with Gasteiger partial charge in [-0.15, -0.1) is 0 Å². The lowest BCUT2D eigenvalue weighted by Crippen LogP contribution is -2.23. The van der Waals surface area contributed by atoms with Gasteiger partial charge in [0, 0.05) is 18.5 Å². The summed E-state index contributed by atoms with van der Waals surface area (Å²) in [5.74, 6) is 0.573. The van der Waals surface area contributed by atoms with Gasteiger partial charge in [0.25, 0.3) is 5.91 Å². The number of fused-ring (bicyclic) bond motifs is 1. The lowest BCUT2D eigenvalue weighted by Gasteiger charge is -2.12. The molecule has 2 aromatic rings. The Morgan fingerprint density at radius 3 is 2.57 bits per heavy atom. The number of alkyl halides is 3. The van der Waals surface area contributed by atoms with Crippen LogP contribution in [0, 0.1) is 0 Å². The number of benzene rings is 2. The van der Waals surface area contributed by atoms with Gasteiger partial charge in [-0.05, 0) is 29.8 Å². The third kappa shape index (κ3) is 5.45. The average molecular weight is 416 g/mol. The highest BCUT2D eigenvalue weighted by Gasteiger charge is 2.28. The summed E-state index contributed by atoms with van der Waals surface area (Å²) in [6.07, 6.45) is -3.67. The Morgan fingerprint density at radius 2 is 1.86 bits per heavy atom. The zero-order chi connectivity index (χ0) is 20.1. The highest BCUT2D eigenvalue weighted by molar-refractivity contribution is 6.32. The molecule has 28 heavy (non-hydrogen) atoms. The standard InChI is InChI=1S/C19H17ClF3NO4/c20-15-8-13(9-16-17(15)27-7-1-6-26-16)18(25)24-10-12-2-4-14(5-3-12)28-11-19(21,22)23/h2-5,8-9H,1,6-7,10-11H2,(H,24,25). The van der Waals surface area contributed by atoms with Crippen molar-refractivity contribution in [3.63, 3.8) is 0 Å². The minimum Gasteiger partial charge on any atom is -0.489 e. The van der Waals surface area contributed by atoms with Gasteiger partial charge in [0.05, 0.1) is 18.2 Å². The maximum absolute atomic E-state index is 12.4. The van der Waals surface area contributed by atoms with Crippen LogP contribution in [0.5, 0.6) is 17.2 Å². The van der Waals surface area contributed by atoms with Crippen molar-refractivity contribution in [1.82, 2.24) is 5.32 Å². The van der Waals surface area contributed by atoms with Gasteiger partial charge in [-0.3, -0.25) is 4.79 Å². The Hall–Kier alpha value is -2.61. The predicted octanol–water partition coefficient (Wildman–Crippen LogP) is 4.37. The van der Waals surface area contributed by atoms with Gasteiger partial charge < -0.3 is 19.5 Å². The first-order valence-electron chi connectivity index (χ1n) is 8.48. The minimum absolute atomic E-state index is 0.0992. The highest BCUT2D eigenvalue weighted by Crippen LogP contribution is 2.38. The fourth-order valence-electron chi connectivity index (χ4n) is 2.51. The van der Waals surface area contributed by atoms with Crippen molar-refractivity contribution < 1.29 is 32.2 Å². The molecule has 1 aliphatic heterocycles. The summed E-state index contributed by atoms with van der Waals surface area (Å²) in [6.45, 7) is -0.212. The molecular formula is C19H17ClF3NO4. The van der Waals surface area contributed by atoms with E-state index < -0.39 is 12.8 Å². The highest BCUT2D eigenvalue weighted by atomic mass is 35.5. The smallest absolute Gasteiger partial charge is 0.422 e. The van der Waals surface area contributed by atoms with Crippen molar-refractivity contribution >= 4 is 17.5 Å². The Kier molecular flexibility index (Phi) is 6.18. The van der Waals surface area contributed by atoms with Crippen LogP contribution in [0.4, 0.5) is 13.2 Å². The van der Waals surface area contributed by atoms with Crippen molar-refractivity contribution in [1.29, 1.82) is 0 Å². The van der Waals surface area contributed by atoms with E-state index in [-0.39, 0.29) is 23.2 Å². The van der Waals surface area contributed by atoms with E-state index in [0.717, 1.165) is 6.42 Å². The molecule has 5 nitrogen and oxygen atoms in total. The normalized spacial score (nSPS) is 13.6. The van der Waals surface area contributed by atoms with Gasteiger partial charge in [-0.1, -0.05) is 23.7 Å². The number of nitrogens with one attached hydrogen (secondary N) is 1. The second-order valence-corrected chi connectivity index (χ2v) is 6.47. The zero-order valence-electron chi connectivity index (χ0n) is 14.6. The average Bonchev–Trinajstić information content (AvgIpc) is 2.90. The predicted molar refractivity (Wildman–Crippen MR) is 96.2 cm³/mol. The Bertz CT molecular complexity index is 840. The first-order valence-corrected chi connectivity index (χ1v) is 8.85. The van der Waals surface area contributed by atoms with Crippen molar-refractivity contribution in [2.75, 3.05) is 19.8 Å². The SMILES string of the molecule is O=C(NCc1ccc(OCC(F)(F)F)cc1)c1cc(Cl)c2c(c1)OCCCO2. The second-order valence-electron chi connectivity index (χ2n) is 6.07. The largest absolute Gasteiger partial charge is 0.489 e. The molecule has 0 saturated carbocycles. The Morgan fingerprint density at radius 1 is 1.14 bits per heavy atom. The van der Waals surface area contributed by atoms with Crippen LogP contribution in [0.1, 0.15) is 22.3 Å². The maximum atomic E-state index is 12.4. The molecule has 1 heterocycles.